The number of methoxy groups -OCH3 is 2. The van der Waals surface area contributed by atoms with Crippen molar-refractivity contribution in [2.24, 2.45) is 5.92 Å². The zero-order valence-corrected chi connectivity index (χ0v) is 12.1. The Bertz CT molecular complexity index is 489. The largest absolute Gasteiger partial charge is 0.497 e. The molecule has 2 atom stereocenters. The molecule has 0 radical (unpaired) electrons. The van der Waals surface area contributed by atoms with Crippen molar-refractivity contribution in [3.05, 3.63) is 23.8 Å². The molecule has 1 aromatic carbocycles. The fourth-order valence-corrected chi connectivity index (χ4v) is 2.70. The molecular weight excluding hydrogens is 258 g/mol. The van der Waals surface area contributed by atoms with Crippen LogP contribution in [-0.4, -0.2) is 43.3 Å². The summed E-state index contributed by atoms with van der Waals surface area (Å²) in [6.45, 7) is 3.44. The fraction of sp³-hybridized carbons (Fsp3) is 0.533. The third-order valence-electron chi connectivity index (χ3n) is 4.00. The summed E-state index contributed by atoms with van der Waals surface area (Å²) in [4.78, 5) is 13.2. The number of carboxylic acids is 1. The highest BCUT2D eigenvalue weighted by Gasteiger charge is 2.32. The van der Waals surface area contributed by atoms with Crippen LogP contribution in [-0.2, 0) is 4.79 Å². The lowest BCUT2D eigenvalue weighted by molar-refractivity contribution is -0.141. The Morgan fingerprint density at radius 3 is 2.70 bits per heavy atom. The highest BCUT2D eigenvalue weighted by Crippen LogP contribution is 2.35. The molecule has 110 valence electrons. The molecule has 0 saturated carbocycles. The van der Waals surface area contributed by atoms with Crippen LogP contribution in [0.5, 0.6) is 11.5 Å². The Kier molecular flexibility index (Phi) is 4.49. The number of likely N-dealkylation sites (tertiary alicyclic amines) is 1. The van der Waals surface area contributed by atoms with Gasteiger partial charge in [-0.05, 0) is 38.1 Å². The van der Waals surface area contributed by atoms with Crippen LogP contribution < -0.4 is 9.47 Å². The first-order valence-corrected chi connectivity index (χ1v) is 6.75. The summed E-state index contributed by atoms with van der Waals surface area (Å²) in [5, 5.41) is 9.09. The van der Waals surface area contributed by atoms with Gasteiger partial charge in [-0.2, -0.15) is 0 Å². The highest BCUT2D eigenvalue weighted by atomic mass is 16.5. The van der Waals surface area contributed by atoms with E-state index in [1.165, 1.54) is 0 Å². The molecule has 0 aromatic heterocycles. The molecule has 1 aliphatic rings. The van der Waals surface area contributed by atoms with Crippen LogP contribution in [0.3, 0.4) is 0 Å². The van der Waals surface area contributed by atoms with Crippen LogP contribution in [0, 0.1) is 5.92 Å². The number of ether oxygens (including phenoxy) is 2. The smallest absolute Gasteiger partial charge is 0.307 e. The second kappa shape index (κ2) is 6.13. The molecule has 0 amide bonds. The topological polar surface area (TPSA) is 59.0 Å². The SMILES string of the molecule is COc1ccc(OC)c(C(C)N2CCC(C(=O)O)C2)c1. The zero-order valence-electron chi connectivity index (χ0n) is 12.1. The van der Waals surface area contributed by atoms with Gasteiger partial charge in [0.05, 0.1) is 20.1 Å². The molecule has 1 heterocycles. The van der Waals surface area contributed by atoms with Crippen molar-refractivity contribution in [1.82, 2.24) is 4.90 Å². The van der Waals surface area contributed by atoms with E-state index >= 15 is 0 Å². The van der Waals surface area contributed by atoms with Crippen molar-refractivity contribution in [2.75, 3.05) is 27.3 Å². The van der Waals surface area contributed by atoms with Gasteiger partial charge in [-0.25, -0.2) is 0 Å². The Balaban J connectivity index is 2.20. The minimum atomic E-state index is -0.711. The Morgan fingerprint density at radius 2 is 2.15 bits per heavy atom. The lowest BCUT2D eigenvalue weighted by Gasteiger charge is -2.26. The summed E-state index contributed by atoms with van der Waals surface area (Å²) in [6.07, 6.45) is 0.700. The molecule has 1 fully saturated rings. The van der Waals surface area contributed by atoms with Crippen molar-refractivity contribution in [3.8, 4) is 11.5 Å². The molecule has 0 spiro atoms. The normalized spacial score (nSPS) is 20.6. The summed E-state index contributed by atoms with van der Waals surface area (Å²) < 4.78 is 10.7. The van der Waals surface area contributed by atoms with E-state index in [2.05, 4.69) is 11.8 Å². The summed E-state index contributed by atoms with van der Waals surface area (Å²) in [7, 11) is 3.27. The molecule has 1 aromatic rings. The third-order valence-corrected chi connectivity index (χ3v) is 4.00. The van der Waals surface area contributed by atoms with Gasteiger partial charge in [-0.3, -0.25) is 9.69 Å². The Morgan fingerprint density at radius 1 is 1.40 bits per heavy atom. The maximum atomic E-state index is 11.1. The van der Waals surface area contributed by atoms with Crippen LogP contribution in [0.4, 0.5) is 0 Å². The molecule has 20 heavy (non-hydrogen) atoms. The van der Waals surface area contributed by atoms with Crippen LogP contribution in [0.1, 0.15) is 24.9 Å². The lowest BCUT2D eigenvalue weighted by Crippen LogP contribution is -2.26. The van der Waals surface area contributed by atoms with Gasteiger partial charge in [-0.1, -0.05) is 0 Å². The van der Waals surface area contributed by atoms with Crippen LogP contribution in [0.15, 0.2) is 18.2 Å². The Hall–Kier alpha value is -1.75. The average molecular weight is 279 g/mol. The van der Waals surface area contributed by atoms with E-state index in [-0.39, 0.29) is 12.0 Å². The van der Waals surface area contributed by atoms with Crippen molar-refractivity contribution in [2.45, 2.75) is 19.4 Å². The maximum Gasteiger partial charge on any atom is 0.307 e. The number of hydrogen-bond acceptors (Lipinski definition) is 4. The predicted octanol–water partition coefficient (Wildman–Crippen LogP) is 2.17. The average Bonchev–Trinajstić information content (AvgIpc) is 2.95. The zero-order chi connectivity index (χ0) is 14.7. The van der Waals surface area contributed by atoms with Crippen molar-refractivity contribution >= 4 is 5.97 Å². The molecule has 5 nitrogen and oxygen atoms in total. The molecule has 1 saturated heterocycles. The van der Waals surface area contributed by atoms with Gasteiger partial charge in [0.2, 0.25) is 0 Å². The summed E-state index contributed by atoms with van der Waals surface area (Å²) in [5.74, 6) is 0.602. The first-order valence-electron chi connectivity index (χ1n) is 6.75. The molecule has 1 aliphatic heterocycles. The number of carbonyl (C=O) groups is 1. The fourth-order valence-electron chi connectivity index (χ4n) is 2.70. The number of aliphatic carboxylic acids is 1. The van der Waals surface area contributed by atoms with E-state index in [9.17, 15) is 4.79 Å². The first kappa shape index (κ1) is 14.7. The van der Waals surface area contributed by atoms with Crippen LogP contribution in [0.25, 0.3) is 0 Å². The molecule has 0 bridgehead atoms. The highest BCUT2D eigenvalue weighted by molar-refractivity contribution is 5.70. The van der Waals surface area contributed by atoms with Crippen molar-refractivity contribution in [1.29, 1.82) is 0 Å². The van der Waals surface area contributed by atoms with E-state index in [0.717, 1.165) is 23.6 Å². The minimum Gasteiger partial charge on any atom is -0.497 e. The summed E-state index contributed by atoms with van der Waals surface area (Å²) >= 11 is 0. The van der Waals surface area contributed by atoms with Gasteiger partial charge in [-0.15, -0.1) is 0 Å². The molecule has 2 unspecified atom stereocenters. The minimum absolute atomic E-state index is 0.101. The van der Waals surface area contributed by atoms with Gasteiger partial charge in [0.15, 0.2) is 0 Å². The van der Waals surface area contributed by atoms with Gasteiger partial charge in [0, 0.05) is 18.2 Å². The second-order valence-corrected chi connectivity index (χ2v) is 5.10. The van der Waals surface area contributed by atoms with E-state index in [0.29, 0.717) is 13.0 Å². The van der Waals surface area contributed by atoms with Gasteiger partial charge < -0.3 is 14.6 Å². The summed E-state index contributed by atoms with van der Waals surface area (Å²) in [5.41, 5.74) is 1.03. The molecular formula is C15H21NO4. The van der Waals surface area contributed by atoms with Crippen LogP contribution >= 0.6 is 0 Å². The lowest BCUT2D eigenvalue weighted by atomic mass is 10.1. The third kappa shape index (κ3) is 2.88. The monoisotopic (exact) mass is 279 g/mol. The quantitative estimate of drug-likeness (QED) is 0.895. The second-order valence-electron chi connectivity index (χ2n) is 5.10. The van der Waals surface area contributed by atoms with Crippen molar-refractivity contribution in [3.63, 3.8) is 0 Å². The predicted molar refractivity (Wildman–Crippen MR) is 75.3 cm³/mol. The molecule has 0 aliphatic carbocycles. The summed E-state index contributed by atoms with van der Waals surface area (Å²) in [6, 6.07) is 5.80. The van der Waals surface area contributed by atoms with E-state index in [1.54, 1.807) is 14.2 Å². The standard InChI is InChI=1S/C15H21NO4/c1-10(16-7-6-11(9-16)15(17)18)13-8-12(19-2)4-5-14(13)20-3/h4-5,8,10-11H,6-7,9H2,1-3H3,(H,17,18). The number of nitrogens with zero attached hydrogens (tertiary/aromatic N) is 1. The molecule has 2 rings (SSSR count). The maximum absolute atomic E-state index is 11.1. The van der Waals surface area contributed by atoms with Gasteiger partial charge in [0.1, 0.15) is 11.5 Å². The van der Waals surface area contributed by atoms with Crippen LogP contribution in [0.2, 0.25) is 0 Å². The Labute approximate surface area is 119 Å². The number of benzene rings is 1. The van der Waals surface area contributed by atoms with Gasteiger partial charge in [0.25, 0.3) is 0 Å². The molecule has 1 N–H and O–H groups in total. The number of rotatable bonds is 5. The van der Waals surface area contributed by atoms with E-state index < -0.39 is 5.97 Å². The van der Waals surface area contributed by atoms with E-state index in [4.69, 9.17) is 14.6 Å². The number of carboxylic acid groups (broad SMARTS) is 1. The molecule has 5 heteroatoms. The van der Waals surface area contributed by atoms with Gasteiger partial charge >= 0.3 is 5.97 Å². The van der Waals surface area contributed by atoms with E-state index in [1.807, 2.05) is 18.2 Å². The number of hydrogen-bond donors (Lipinski definition) is 1. The first-order chi connectivity index (χ1) is 9.56. The van der Waals surface area contributed by atoms with Crippen molar-refractivity contribution < 1.29 is 19.4 Å².